The number of nitrogens with zero attached hydrogens (tertiary/aromatic N) is 2. The Morgan fingerprint density at radius 1 is 1.18 bits per heavy atom. The Balaban J connectivity index is 1.67. The van der Waals surface area contributed by atoms with E-state index in [4.69, 9.17) is 4.74 Å². The van der Waals surface area contributed by atoms with Gasteiger partial charge in [-0.2, -0.15) is 13.2 Å². The summed E-state index contributed by atoms with van der Waals surface area (Å²) in [5, 5.41) is 0. The molecule has 3 aliphatic rings. The predicted molar refractivity (Wildman–Crippen MR) is 118 cm³/mol. The van der Waals surface area contributed by atoms with Gasteiger partial charge in [-0.05, 0) is 50.2 Å². The number of rotatable bonds is 8. The van der Waals surface area contributed by atoms with Gasteiger partial charge in [0.25, 0.3) is 0 Å². The maximum absolute atomic E-state index is 13.6. The SMILES string of the molecule is CCN1C(=O)C[C@@](CC(=O)N(CC2CCC2)C[C@H]2CCCO2)(c2cccc(C(F)(F)F)c2)C1=O. The van der Waals surface area contributed by atoms with Crippen LogP contribution < -0.4 is 0 Å². The highest BCUT2D eigenvalue weighted by Crippen LogP contribution is 2.42. The Bertz CT molecular complexity index is 940. The summed E-state index contributed by atoms with van der Waals surface area (Å²) in [6.45, 7) is 3.32. The number of amides is 3. The van der Waals surface area contributed by atoms with E-state index in [2.05, 4.69) is 0 Å². The van der Waals surface area contributed by atoms with Crippen molar-refractivity contribution in [1.29, 1.82) is 0 Å². The second-order valence-corrected chi connectivity index (χ2v) is 9.69. The third-order valence-corrected chi connectivity index (χ3v) is 7.42. The molecule has 186 valence electrons. The van der Waals surface area contributed by atoms with E-state index in [9.17, 15) is 27.6 Å². The molecule has 34 heavy (non-hydrogen) atoms. The van der Waals surface area contributed by atoms with Gasteiger partial charge in [0.05, 0.1) is 17.1 Å². The van der Waals surface area contributed by atoms with Crippen molar-refractivity contribution in [1.82, 2.24) is 9.80 Å². The minimum absolute atomic E-state index is 0.0608. The molecular formula is C25H31F3N2O4. The zero-order valence-corrected chi connectivity index (χ0v) is 19.4. The second kappa shape index (κ2) is 9.68. The summed E-state index contributed by atoms with van der Waals surface area (Å²) >= 11 is 0. The summed E-state index contributed by atoms with van der Waals surface area (Å²) in [4.78, 5) is 42.5. The molecule has 3 amide bonds. The van der Waals surface area contributed by atoms with Gasteiger partial charge in [0, 0.05) is 39.1 Å². The normalized spacial score (nSPS) is 25.6. The third-order valence-electron chi connectivity index (χ3n) is 7.42. The van der Waals surface area contributed by atoms with E-state index < -0.39 is 29.0 Å². The number of likely N-dealkylation sites (tertiary alicyclic amines) is 1. The van der Waals surface area contributed by atoms with E-state index in [1.807, 2.05) is 0 Å². The van der Waals surface area contributed by atoms with Gasteiger partial charge in [0.15, 0.2) is 0 Å². The van der Waals surface area contributed by atoms with Gasteiger partial charge in [0.1, 0.15) is 0 Å². The standard InChI is InChI=1S/C25H31F3N2O4/c1-2-30-22(32)14-24(23(30)33,18-8-4-9-19(12-18)25(26,27)28)13-21(31)29(15-17-6-3-7-17)16-20-10-5-11-34-20/h4,8-9,12,17,20H,2-3,5-7,10-11,13-16H2,1H3/t20-,24+/m1/s1. The van der Waals surface area contributed by atoms with Crippen LogP contribution in [0.2, 0.25) is 0 Å². The number of carbonyl (C=O) groups excluding carboxylic acids is 3. The van der Waals surface area contributed by atoms with Gasteiger partial charge in [0.2, 0.25) is 17.7 Å². The number of ether oxygens (including phenoxy) is 1. The van der Waals surface area contributed by atoms with Crippen LogP contribution in [0.4, 0.5) is 13.2 Å². The van der Waals surface area contributed by atoms with E-state index in [1.165, 1.54) is 12.1 Å². The van der Waals surface area contributed by atoms with Crippen LogP contribution in [0.15, 0.2) is 24.3 Å². The molecule has 0 bridgehead atoms. The van der Waals surface area contributed by atoms with Crippen LogP contribution in [0.25, 0.3) is 0 Å². The molecule has 1 aromatic carbocycles. The lowest BCUT2D eigenvalue weighted by Crippen LogP contribution is -2.47. The Morgan fingerprint density at radius 2 is 1.94 bits per heavy atom. The van der Waals surface area contributed by atoms with Gasteiger partial charge in [-0.25, -0.2) is 0 Å². The number of alkyl halides is 3. The molecule has 0 N–H and O–H groups in total. The fourth-order valence-electron chi connectivity index (χ4n) is 5.25. The molecule has 1 aliphatic carbocycles. The zero-order chi connectivity index (χ0) is 24.5. The fraction of sp³-hybridized carbons (Fsp3) is 0.640. The fourth-order valence-corrected chi connectivity index (χ4v) is 5.25. The molecule has 6 nitrogen and oxygen atoms in total. The summed E-state index contributed by atoms with van der Waals surface area (Å²) in [7, 11) is 0. The quantitative estimate of drug-likeness (QED) is 0.529. The van der Waals surface area contributed by atoms with Crippen molar-refractivity contribution >= 4 is 17.7 Å². The van der Waals surface area contributed by atoms with Crippen molar-refractivity contribution in [3.63, 3.8) is 0 Å². The Kier molecular flexibility index (Phi) is 7.03. The van der Waals surface area contributed by atoms with E-state index in [0.29, 0.717) is 25.6 Å². The van der Waals surface area contributed by atoms with Crippen LogP contribution in [0.5, 0.6) is 0 Å². The molecule has 1 aromatic rings. The summed E-state index contributed by atoms with van der Waals surface area (Å²) in [5.41, 5.74) is -2.48. The average Bonchev–Trinajstić information content (AvgIpc) is 3.35. The average molecular weight is 481 g/mol. The molecule has 4 rings (SSSR count). The van der Waals surface area contributed by atoms with Crippen LogP contribution in [-0.4, -0.2) is 59.9 Å². The lowest BCUT2D eigenvalue weighted by molar-refractivity contribution is -0.143. The highest BCUT2D eigenvalue weighted by Gasteiger charge is 2.54. The first-order valence-electron chi connectivity index (χ1n) is 12.1. The van der Waals surface area contributed by atoms with E-state index in [-0.39, 0.29) is 37.0 Å². The van der Waals surface area contributed by atoms with Crippen molar-refractivity contribution in [2.24, 2.45) is 5.92 Å². The number of hydrogen-bond acceptors (Lipinski definition) is 4. The number of benzene rings is 1. The number of carbonyl (C=O) groups is 3. The molecule has 0 unspecified atom stereocenters. The summed E-state index contributed by atoms with van der Waals surface area (Å²) in [6.07, 6.45) is -0.423. The highest BCUT2D eigenvalue weighted by atomic mass is 19.4. The van der Waals surface area contributed by atoms with Crippen molar-refractivity contribution in [3.05, 3.63) is 35.4 Å². The zero-order valence-electron chi connectivity index (χ0n) is 19.4. The van der Waals surface area contributed by atoms with Crippen molar-refractivity contribution in [3.8, 4) is 0 Å². The molecule has 2 atom stereocenters. The third kappa shape index (κ3) is 4.85. The largest absolute Gasteiger partial charge is 0.416 e. The highest BCUT2D eigenvalue weighted by molar-refractivity contribution is 6.10. The monoisotopic (exact) mass is 480 g/mol. The van der Waals surface area contributed by atoms with E-state index >= 15 is 0 Å². The maximum Gasteiger partial charge on any atom is 0.416 e. The second-order valence-electron chi connectivity index (χ2n) is 9.69. The topological polar surface area (TPSA) is 66.9 Å². The lowest BCUT2D eigenvalue weighted by atomic mass is 9.75. The van der Waals surface area contributed by atoms with Crippen molar-refractivity contribution in [2.75, 3.05) is 26.2 Å². The number of halogens is 3. The number of hydrogen-bond donors (Lipinski definition) is 0. The molecule has 2 saturated heterocycles. The van der Waals surface area contributed by atoms with Gasteiger partial charge in [-0.1, -0.05) is 24.6 Å². The molecule has 3 fully saturated rings. The van der Waals surface area contributed by atoms with E-state index in [1.54, 1.807) is 11.8 Å². The molecule has 0 radical (unpaired) electrons. The molecule has 2 aliphatic heterocycles. The number of imide groups is 1. The molecule has 9 heteroatoms. The summed E-state index contributed by atoms with van der Waals surface area (Å²) in [6, 6.07) is 4.49. The molecule has 0 aromatic heterocycles. The Labute approximate surface area is 197 Å². The van der Waals surface area contributed by atoms with Crippen LogP contribution in [0.3, 0.4) is 0 Å². The molecule has 2 heterocycles. The Morgan fingerprint density at radius 3 is 2.50 bits per heavy atom. The molecular weight excluding hydrogens is 449 g/mol. The molecule has 0 spiro atoms. The van der Waals surface area contributed by atoms with Crippen molar-refractivity contribution < 1.29 is 32.3 Å². The first kappa shape index (κ1) is 24.7. The van der Waals surface area contributed by atoms with Crippen LogP contribution >= 0.6 is 0 Å². The van der Waals surface area contributed by atoms with Crippen LogP contribution in [-0.2, 0) is 30.7 Å². The van der Waals surface area contributed by atoms with E-state index in [0.717, 1.165) is 49.1 Å². The first-order chi connectivity index (χ1) is 16.1. The van der Waals surface area contributed by atoms with Gasteiger partial charge < -0.3 is 9.64 Å². The summed E-state index contributed by atoms with van der Waals surface area (Å²) in [5.74, 6) is -1.02. The number of likely N-dealkylation sites (N-methyl/N-ethyl adjacent to an activating group) is 1. The van der Waals surface area contributed by atoms with Gasteiger partial charge in [-0.3, -0.25) is 19.3 Å². The van der Waals surface area contributed by atoms with Crippen LogP contribution in [0, 0.1) is 5.92 Å². The maximum atomic E-state index is 13.6. The smallest absolute Gasteiger partial charge is 0.376 e. The predicted octanol–water partition coefficient (Wildman–Crippen LogP) is 3.92. The van der Waals surface area contributed by atoms with Gasteiger partial charge in [-0.15, -0.1) is 0 Å². The lowest BCUT2D eigenvalue weighted by Gasteiger charge is -2.36. The summed E-state index contributed by atoms with van der Waals surface area (Å²) < 4.78 is 46.1. The Hall–Kier alpha value is -2.42. The van der Waals surface area contributed by atoms with Crippen molar-refractivity contribution in [2.45, 2.75) is 69.6 Å². The first-order valence-corrected chi connectivity index (χ1v) is 12.1. The van der Waals surface area contributed by atoms with Crippen LogP contribution in [0.1, 0.15) is 63.0 Å². The molecule has 1 saturated carbocycles. The minimum Gasteiger partial charge on any atom is -0.376 e. The van der Waals surface area contributed by atoms with Gasteiger partial charge >= 0.3 is 6.18 Å². The minimum atomic E-state index is -4.60.